The summed E-state index contributed by atoms with van der Waals surface area (Å²) < 4.78 is 5.27. The van der Waals surface area contributed by atoms with Gasteiger partial charge in [0.1, 0.15) is 5.82 Å². The van der Waals surface area contributed by atoms with Gasteiger partial charge >= 0.3 is 0 Å². The maximum atomic E-state index is 12.3. The van der Waals surface area contributed by atoms with Crippen LogP contribution in [0.1, 0.15) is 23.7 Å². The van der Waals surface area contributed by atoms with Gasteiger partial charge in [0.15, 0.2) is 0 Å². The third-order valence-electron chi connectivity index (χ3n) is 3.13. The number of hydrogen-bond donors (Lipinski definition) is 1. The van der Waals surface area contributed by atoms with Crippen molar-refractivity contribution in [2.45, 2.75) is 19.4 Å². The van der Waals surface area contributed by atoms with Gasteiger partial charge in [-0.25, -0.2) is 4.98 Å². The molecule has 1 saturated heterocycles. The zero-order chi connectivity index (χ0) is 13.0. The number of amides is 1. The molecule has 0 radical (unpaired) electrons. The van der Waals surface area contributed by atoms with Gasteiger partial charge in [0, 0.05) is 38.5 Å². The van der Waals surface area contributed by atoms with Crippen molar-refractivity contribution in [3.63, 3.8) is 0 Å². The number of methoxy groups -OCH3 is 1. The van der Waals surface area contributed by atoms with Crippen LogP contribution in [-0.2, 0) is 4.74 Å². The summed E-state index contributed by atoms with van der Waals surface area (Å²) in [6.07, 6.45) is 2.74. The normalized spacial score (nSPS) is 19.0. The van der Waals surface area contributed by atoms with E-state index in [0.717, 1.165) is 25.3 Å². The molecule has 1 amide bonds. The smallest absolute Gasteiger partial charge is 0.254 e. The molecule has 1 N–H and O–H groups in total. The molecule has 1 fully saturated rings. The summed E-state index contributed by atoms with van der Waals surface area (Å²) in [4.78, 5) is 18.3. The van der Waals surface area contributed by atoms with Crippen LogP contribution in [0.15, 0.2) is 18.3 Å². The van der Waals surface area contributed by atoms with Crippen LogP contribution in [0.4, 0.5) is 5.82 Å². The van der Waals surface area contributed by atoms with E-state index >= 15 is 0 Å². The molecule has 2 rings (SSSR count). The molecule has 5 heteroatoms. The number of pyridine rings is 1. The fourth-order valence-electron chi connectivity index (χ4n) is 2.13. The number of nitrogens with zero attached hydrogens (tertiary/aromatic N) is 2. The van der Waals surface area contributed by atoms with E-state index in [-0.39, 0.29) is 12.0 Å². The molecule has 0 spiro atoms. The first-order chi connectivity index (χ1) is 8.74. The second-order valence-corrected chi connectivity index (χ2v) is 4.36. The van der Waals surface area contributed by atoms with Gasteiger partial charge in [0.2, 0.25) is 0 Å². The van der Waals surface area contributed by atoms with Gasteiger partial charge in [-0.1, -0.05) is 0 Å². The lowest BCUT2D eigenvalue weighted by Crippen LogP contribution is -2.30. The maximum Gasteiger partial charge on any atom is 0.254 e. The molecule has 1 aromatic heterocycles. The first kappa shape index (κ1) is 12.8. The molecule has 1 unspecified atom stereocenters. The van der Waals surface area contributed by atoms with E-state index < -0.39 is 0 Å². The number of anilines is 1. The standard InChI is InChI=1S/C13H19N3O2/c1-3-14-12-8-10(4-6-15-12)13(17)16-7-5-11(9-16)18-2/h4,6,8,11H,3,5,7,9H2,1-2H3,(H,14,15). The van der Waals surface area contributed by atoms with Crippen LogP contribution in [0.3, 0.4) is 0 Å². The summed E-state index contributed by atoms with van der Waals surface area (Å²) in [6.45, 7) is 4.23. The van der Waals surface area contributed by atoms with E-state index in [4.69, 9.17) is 4.74 Å². The highest BCUT2D eigenvalue weighted by molar-refractivity contribution is 5.95. The quantitative estimate of drug-likeness (QED) is 0.875. The number of carbonyl (C=O) groups is 1. The summed E-state index contributed by atoms with van der Waals surface area (Å²) >= 11 is 0. The molecule has 1 aliphatic rings. The third-order valence-corrected chi connectivity index (χ3v) is 3.13. The van der Waals surface area contributed by atoms with Crippen molar-refractivity contribution in [2.75, 3.05) is 32.1 Å². The number of nitrogens with one attached hydrogen (secondary N) is 1. The van der Waals surface area contributed by atoms with Gasteiger partial charge in [-0.05, 0) is 25.5 Å². The van der Waals surface area contributed by atoms with E-state index in [0.29, 0.717) is 12.1 Å². The van der Waals surface area contributed by atoms with Crippen molar-refractivity contribution in [3.05, 3.63) is 23.9 Å². The Kier molecular flexibility index (Phi) is 4.15. The number of carbonyl (C=O) groups excluding carboxylic acids is 1. The van der Waals surface area contributed by atoms with Gasteiger partial charge in [-0.15, -0.1) is 0 Å². The minimum absolute atomic E-state index is 0.0519. The van der Waals surface area contributed by atoms with Gasteiger partial charge in [-0.2, -0.15) is 0 Å². The Balaban J connectivity index is 2.07. The Morgan fingerprint density at radius 1 is 1.67 bits per heavy atom. The van der Waals surface area contributed by atoms with Gasteiger partial charge in [-0.3, -0.25) is 4.79 Å². The fraction of sp³-hybridized carbons (Fsp3) is 0.538. The average molecular weight is 249 g/mol. The second kappa shape index (κ2) is 5.82. The van der Waals surface area contributed by atoms with Crippen LogP contribution in [-0.4, -0.2) is 48.6 Å². The number of ether oxygens (including phenoxy) is 1. The van der Waals surface area contributed by atoms with Crippen LogP contribution < -0.4 is 5.32 Å². The highest BCUT2D eigenvalue weighted by Gasteiger charge is 2.26. The summed E-state index contributed by atoms with van der Waals surface area (Å²) in [6, 6.07) is 3.55. The zero-order valence-corrected chi connectivity index (χ0v) is 10.8. The largest absolute Gasteiger partial charge is 0.380 e. The number of hydrogen-bond acceptors (Lipinski definition) is 4. The molecular formula is C13H19N3O2. The molecule has 5 nitrogen and oxygen atoms in total. The second-order valence-electron chi connectivity index (χ2n) is 4.36. The molecule has 18 heavy (non-hydrogen) atoms. The molecule has 0 aliphatic carbocycles. The molecule has 98 valence electrons. The van der Waals surface area contributed by atoms with Crippen molar-refractivity contribution in [2.24, 2.45) is 0 Å². The predicted molar refractivity (Wildman–Crippen MR) is 69.7 cm³/mol. The maximum absolute atomic E-state index is 12.3. The van der Waals surface area contributed by atoms with E-state index in [1.165, 1.54) is 0 Å². The molecule has 1 atom stereocenters. The molecule has 1 aliphatic heterocycles. The third kappa shape index (κ3) is 2.79. The van der Waals surface area contributed by atoms with Gasteiger partial charge in [0.25, 0.3) is 5.91 Å². The van der Waals surface area contributed by atoms with E-state index in [9.17, 15) is 4.79 Å². The monoisotopic (exact) mass is 249 g/mol. The summed E-state index contributed by atoms with van der Waals surface area (Å²) in [5.41, 5.74) is 0.678. The van der Waals surface area contributed by atoms with E-state index in [2.05, 4.69) is 10.3 Å². The Hall–Kier alpha value is -1.62. The highest BCUT2D eigenvalue weighted by atomic mass is 16.5. The minimum atomic E-state index is 0.0519. The van der Waals surface area contributed by atoms with Gasteiger partial charge in [0.05, 0.1) is 6.10 Å². The van der Waals surface area contributed by atoms with Crippen molar-refractivity contribution in [1.29, 1.82) is 0 Å². The molecule has 0 bridgehead atoms. The van der Waals surface area contributed by atoms with Gasteiger partial charge < -0.3 is 15.0 Å². The minimum Gasteiger partial charge on any atom is -0.380 e. The summed E-state index contributed by atoms with van der Waals surface area (Å²) in [5.74, 6) is 0.793. The van der Waals surface area contributed by atoms with E-state index in [1.54, 1.807) is 25.4 Å². The predicted octanol–water partition coefficient (Wildman–Crippen LogP) is 1.37. The van der Waals surface area contributed by atoms with Crippen molar-refractivity contribution in [3.8, 4) is 0 Å². The Bertz CT molecular complexity index is 422. The Morgan fingerprint density at radius 2 is 2.50 bits per heavy atom. The molecular weight excluding hydrogens is 230 g/mol. The highest BCUT2D eigenvalue weighted by Crippen LogP contribution is 2.16. The fourth-order valence-corrected chi connectivity index (χ4v) is 2.13. The van der Waals surface area contributed by atoms with Crippen LogP contribution in [0.5, 0.6) is 0 Å². The van der Waals surface area contributed by atoms with Crippen molar-refractivity contribution in [1.82, 2.24) is 9.88 Å². The van der Waals surface area contributed by atoms with Crippen LogP contribution in [0.25, 0.3) is 0 Å². The lowest BCUT2D eigenvalue weighted by molar-refractivity contribution is 0.0724. The number of likely N-dealkylation sites (tertiary alicyclic amines) is 1. The summed E-state index contributed by atoms with van der Waals surface area (Å²) in [7, 11) is 1.69. The Morgan fingerprint density at radius 3 is 3.17 bits per heavy atom. The molecule has 0 saturated carbocycles. The lowest BCUT2D eigenvalue weighted by Gasteiger charge is -2.16. The van der Waals surface area contributed by atoms with Crippen LogP contribution >= 0.6 is 0 Å². The van der Waals surface area contributed by atoms with Crippen LogP contribution in [0, 0.1) is 0 Å². The molecule has 0 aromatic carbocycles. The van der Waals surface area contributed by atoms with Crippen molar-refractivity contribution < 1.29 is 9.53 Å². The molecule has 1 aromatic rings. The topological polar surface area (TPSA) is 54.5 Å². The SMILES string of the molecule is CCNc1cc(C(=O)N2CCC(OC)C2)ccn1. The first-order valence-electron chi connectivity index (χ1n) is 6.26. The lowest BCUT2D eigenvalue weighted by atomic mass is 10.2. The first-order valence-corrected chi connectivity index (χ1v) is 6.26. The summed E-state index contributed by atoms with van der Waals surface area (Å²) in [5, 5.41) is 3.11. The van der Waals surface area contributed by atoms with Crippen molar-refractivity contribution >= 4 is 11.7 Å². The number of aromatic nitrogens is 1. The average Bonchev–Trinajstić information content (AvgIpc) is 2.87. The molecule has 2 heterocycles. The van der Waals surface area contributed by atoms with E-state index in [1.807, 2.05) is 11.8 Å². The Labute approximate surface area is 107 Å². The number of rotatable bonds is 4. The van der Waals surface area contributed by atoms with Crippen LogP contribution in [0.2, 0.25) is 0 Å². The zero-order valence-electron chi connectivity index (χ0n) is 10.8.